The predicted octanol–water partition coefficient (Wildman–Crippen LogP) is 2.83. The van der Waals surface area contributed by atoms with Crippen molar-refractivity contribution in [2.45, 2.75) is 26.7 Å². The molecule has 18 heavy (non-hydrogen) atoms. The summed E-state index contributed by atoms with van der Waals surface area (Å²) < 4.78 is 0. The van der Waals surface area contributed by atoms with Crippen LogP contribution in [0.5, 0.6) is 0 Å². The van der Waals surface area contributed by atoms with E-state index in [2.05, 4.69) is 9.97 Å². The number of pyridine rings is 2. The molecule has 0 amide bonds. The molecule has 0 unspecified atom stereocenters. The van der Waals surface area contributed by atoms with Crippen LogP contribution in [0.2, 0.25) is 0 Å². The SMILES string of the molecule is CCc1cc(C(=O)c2ccnc(CC)c2)ccn1. The van der Waals surface area contributed by atoms with Crippen LogP contribution in [0.4, 0.5) is 0 Å². The minimum atomic E-state index is 0.0317. The first-order valence-electron chi connectivity index (χ1n) is 6.19. The van der Waals surface area contributed by atoms with Crippen LogP contribution in [0.3, 0.4) is 0 Å². The molecule has 0 spiro atoms. The van der Waals surface area contributed by atoms with Crippen molar-refractivity contribution in [1.29, 1.82) is 0 Å². The maximum atomic E-state index is 12.3. The third-order valence-electron chi connectivity index (χ3n) is 2.88. The largest absolute Gasteiger partial charge is 0.289 e. The van der Waals surface area contributed by atoms with Crippen molar-refractivity contribution in [2.75, 3.05) is 0 Å². The van der Waals surface area contributed by atoms with E-state index < -0.39 is 0 Å². The van der Waals surface area contributed by atoms with Gasteiger partial charge in [0, 0.05) is 34.9 Å². The highest BCUT2D eigenvalue weighted by Gasteiger charge is 2.10. The zero-order valence-electron chi connectivity index (χ0n) is 10.7. The van der Waals surface area contributed by atoms with Gasteiger partial charge in [-0.05, 0) is 37.1 Å². The smallest absolute Gasteiger partial charge is 0.193 e. The Balaban J connectivity index is 2.34. The summed E-state index contributed by atoms with van der Waals surface area (Å²) in [6, 6.07) is 7.23. The van der Waals surface area contributed by atoms with Gasteiger partial charge in [-0.3, -0.25) is 14.8 Å². The Morgan fingerprint density at radius 1 is 0.944 bits per heavy atom. The molecule has 0 aromatic carbocycles. The summed E-state index contributed by atoms with van der Waals surface area (Å²) in [6.07, 6.45) is 5.04. The Morgan fingerprint density at radius 3 is 1.78 bits per heavy atom. The van der Waals surface area contributed by atoms with Crippen LogP contribution in [-0.4, -0.2) is 15.8 Å². The highest BCUT2D eigenvalue weighted by Crippen LogP contribution is 2.11. The Morgan fingerprint density at radius 2 is 1.39 bits per heavy atom. The highest BCUT2D eigenvalue weighted by molar-refractivity contribution is 6.08. The normalized spacial score (nSPS) is 10.3. The monoisotopic (exact) mass is 240 g/mol. The molecule has 0 saturated heterocycles. The van der Waals surface area contributed by atoms with E-state index in [0.717, 1.165) is 24.2 Å². The van der Waals surface area contributed by atoms with Crippen molar-refractivity contribution in [3.63, 3.8) is 0 Å². The second-order valence-electron chi connectivity index (χ2n) is 4.11. The fourth-order valence-corrected chi connectivity index (χ4v) is 1.79. The molecule has 0 aliphatic rings. The third-order valence-corrected chi connectivity index (χ3v) is 2.88. The first-order chi connectivity index (χ1) is 8.74. The van der Waals surface area contributed by atoms with Gasteiger partial charge in [0.1, 0.15) is 0 Å². The summed E-state index contributed by atoms with van der Waals surface area (Å²) in [5.41, 5.74) is 3.25. The topological polar surface area (TPSA) is 42.9 Å². The molecule has 3 nitrogen and oxygen atoms in total. The van der Waals surface area contributed by atoms with E-state index in [4.69, 9.17) is 0 Å². The zero-order valence-corrected chi connectivity index (χ0v) is 10.7. The molecule has 0 aliphatic heterocycles. The summed E-state index contributed by atoms with van der Waals surface area (Å²) >= 11 is 0. The molecule has 0 bridgehead atoms. The van der Waals surface area contributed by atoms with Crippen molar-refractivity contribution in [2.24, 2.45) is 0 Å². The van der Waals surface area contributed by atoms with Crippen molar-refractivity contribution in [3.8, 4) is 0 Å². The van der Waals surface area contributed by atoms with Gasteiger partial charge >= 0.3 is 0 Å². The zero-order chi connectivity index (χ0) is 13.0. The van der Waals surface area contributed by atoms with Crippen LogP contribution >= 0.6 is 0 Å². The molecule has 3 heteroatoms. The van der Waals surface area contributed by atoms with Crippen molar-refractivity contribution in [3.05, 3.63) is 59.2 Å². The summed E-state index contributed by atoms with van der Waals surface area (Å²) in [4.78, 5) is 20.7. The second kappa shape index (κ2) is 5.54. The standard InChI is InChI=1S/C15H16N2O/c1-3-13-9-11(5-7-16-13)15(18)12-6-8-17-14(4-2)10-12/h5-10H,3-4H2,1-2H3. The Labute approximate surface area is 107 Å². The molecule has 0 N–H and O–H groups in total. The van der Waals surface area contributed by atoms with Gasteiger partial charge in [0.15, 0.2) is 5.78 Å². The van der Waals surface area contributed by atoms with E-state index in [1.807, 2.05) is 26.0 Å². The lowest BCUT2D eigenvalue weighted by atomic mass is 10.0. The summed E-state index contributed by atoms with van der Waals surface area (Å²) in [5.74, 6) is 0.0317. The van der Waals surface area contributed by atoms with Gasteiger partial charge in [0.2, 0.25) is 0 Å². The van der Waals surface area contributed by atoms with Crippen LogP contribution < -0.4 is 0 Å². The number of carbonyl (C=O) groups is 1. The number of hydrogen-bond acceptors (Lipinski definition) is 3. The fraction of sp³-hybridized carbons (Fsp3) is 0.267. The Kier molecular flexibility index (Phi) is 3.82. The minimum absolute atomic E-state index is 0.0317. The Bertz CT molecular complexity index is 514. The van der Waals surface area contributed by atoms with E-state index in [-0.39, 0.29) is 5.78 Å². The lowest BCUT2D eigenvalue weighted by molar-refractivity contribution is 0.103. The Hall–Kier alpha value is -2.03. The van der Waals surface area contributed by atoms with Gasteiger partial charge in [-0.15, -0.1) is 0 Å². The molecule has 0 atom stereocenters. The first-order valence-corrected chi connectivity index (χ1v) is 6.19. The van der Waals surface area contributed by atoms with E-state index >= 15 is 0 Å². The first kappa shape index (κ1) is 12.4. The highest BCUT2D eigenvalue weighted by atomic mass is 16.1. The number of aryl methyl sites for hydroxylation is 2. The van der Waals surface area contributed by atoms with Gasteiger partial charge in [-0.1, -0.05) is 13.8 Å². The van der Waals surface area contributed by atoms with Crippen molar-refractivity contribution >= 4 is 5.78 Å². The molecular formula is C15H16N2O. The van der Waals surface area contributed by atoms with Crippen LogP contribution in [0, 0.1) is 0 Å². The minimum Gasteiger partial charge on any atom is -0.289 e. The average Bonchev–Trinajstić information content (AvgIpc) is 2.46. The van der Waals surface area contributed by atoms with Gasteiger partial charge in [0.05, 0.1) is 0 Å². The maximum Gasteiger partial charge on any atom is 0.193 e. The lowest BCUT2D eigenvalue weighted by Crippen LogP contribution is -2.04. The van der Waals surface area contributed by atoms with Gasteiger partial charge in [-0.2, -0.15) is 0 Å². The molecule has 92 valence electrons. The van der Waals surface area contributed by atoms with Crippen LogP contribution in [0.25, 0.3) is 0 Å². The van der Waals surface area contributed by atoms with Crippen LogP contribution in [0.1, 0.15) is 41.2 Å². The van der Waals surface area contributed by atoms with Crippen molar-refractivity contribution < 1.29 is 4.79 Å². The molecule has 2 aromatic heterocycles. The van der Waals surface area contributed by atoms with E-state index in [0.29, 0.717) is 11.1 Å². The van der Waals surface area contributed by atoms with Gasteiger partial charge in [-0.25, -0.2) is 0 Å². The van der Waals surface area contributed by atoms with Crippen LogP contribution in [-0.2, 0) is 12.8 Å². The summed E-state index contributed by atoms with van der Waals surface area (Å²) in [7, 11) is 0. The molecule has 2 aromatic rings. The second-order valence-corrected chi connectivity index (χ2v) is 4.11. The van der Waals surface area contributed by atoms with Crippen molar-refractivity contribution in [1.82, 2.24) is 9.97 Å². The van der Waals surface area contributed by atoms with Crippen LogP contribution in [0.15, 0.2) is 36.7 Å². The van der Waals surface area contributed by atoms with E-state index in [1.165, 1.54) is 0 Å². The maximum absolute atomic E-state index is 12.3. The van der Waals surface area contributed by atoms with E-state index in [9.17, 15) is 4.79 Å². The number of nitrogens with zero attached hydrogens (tertiary/aromatic N) is 2. The predicted molar refractivity (Wildman–Crippen MR) is 70.7 cm³/mol. The van der Waals surface area contributed by atoms with E-state index in [1.54, 1.807) is 24.5 Å². The molecule has 0 radical (unpaired) electrons. The molecule has 0 fully saturated rings. The average molecular weight is 240 g/mol. The molecule has 0 aliphatic carbocycles. The molecular weight excluding hydrogens is 224 g/mol. The number of hydrogen-bond donors (Lipinski definition) is 0. The van der Waals surface area contributed by atoms with Gasteiger partial charge < -0.3 is 0 Å². The number of ketones is 1. The third kappa shape index (κ3) is 2.62. The molecule has 0 saturated carbocycles. The number of aromatic nitrogens is 2. The fourth-order valence-electron chi connectivity index (χ4n) is 1.79. The lowest BCUT2D eigenvalue weighted by Gasteiger charge is -2.04. The number of rotatable bonds is 4. The summed E-state index contributed by atoms with van der Waals surface area (Å²) in [5, 5.41) is 0. The van der Waals surface area contributed by atoms with Gasteiger partial charge in [0.25, 0.3) is 0 Å². The number of carbonyl (C=O) groups excluding carboxylic acids is 1. The summed E-state index contributed by atoms with van der Waals surface area (Å²) in [6.45, 7) is 4.05. The molecule has 2 rings (SSSR count). The quantitative estimate of drug-likeness (QED) is 0.772. The molecule has 2 heterocycles.